The van der Waals surface area contributed by atoms with Gasteiger partial charge in [0, 0.05) is 10.9 Å². The summed E-state index contributed by atoms with van der Waals surface area (Å²) >= 11 is 7.64. The first-order chi connectivity index (χ1) is 7.99. The molecule has 2 atom stereocenters. The Morgan fingerprint density at radius 1 is 1.65 bits per heavy atom. The monoisotopic (exact) mass is 272 g/mol. The molecule has 0 aromatic carbocycles. The fourth-order valence-electron chi connectivity index (χ4n) is 2.32. The number of hydrogen-bond acceptors (Lipinski definition) is 3. The van der Waals surface area contributed by atoms with Gasteiger partial charge < -0.3 is 5.73 Å². The number of aryl methyl sites for hydroxylation is 1. The molecular formula is C12H17ClN2OS. The van der Waals surface area contributed by atoms with Gasteiger partial charge in [0.15, 0.2) is 0 Å². The Labute approximate surface area is 110 Å². The third kappa shape index (κ3) is 2.64. The Kier molecular flexibility index (Phi) is 3.76. The van der Waals surface area contributed by atoms with Crippen molar-refractivity contribution in [3.8, 4) is 0 Å². The van der Waals surface area contributed by atoms with E-state index >= 15 is 0 Å². The number of rotatable bonds is 4. The summed E-state index contributed by atoms with van der Waals surface area (Å²) in [6, 6.07) is 1.95. The van der Waals surface area contributed by atoms with Crippen LogP contribution in [0.4, 0.5) is 0 Å². The van der Waals surface area contributed by atoms with Crippen molar-refractivity contribution in [2.24, 2.45) is 11.7 Å². The van der Waals surface area contributed by atoms with Crippen LogP contribution in [0.2, 0.25) is 4.34 Å². The minimum absolute atomic E-state index is 0.200. The summed E-state index contributed by atoms with van der Waals surface area (Å²) in [5.41, 5.74) is 6.66. The number of carbonyl (C=O) groups is 1. The molecule has 2 unspecified atom stereocenters. The second kappa shape index (κ2) is 4.96. The van der Waals surface area contributed by atoms with E-state index in [0.717, 1.165) is 17.2 Å². The lowest BCUT2D eigenvalue weighted by Gasteiger charge is -2.23. The molecule has 0 aliphatic heterocycles. The van der Waals surface area contributed by atoms with Gasteiger partial charge in [-0.3, -0.25) is 10.1 Å². The minimum Gasteiger partial charge on any atom is -0.368 e. The molecular weight excluding hydrogens is 256 g/mol. The van der Waals surface area contributed by atoms with Crippen molar-refractivity contribution in [3.63, 3.8) is 0 Å². The first kappa shape index (κ1) is 12.9. The van der Waals surface area contributed by atoms with Crippen LogP contribution in [0.5, 0.6) is 0 Å². The maximum atomic E-state index is 11.4. The zero-order valence-electron chi connectivity index (χ0n) is 10.00. The number of halogens is 1. The maximum absolute atomic E-state index is 11.4. The standard InChI is InChI=1S/C12H17ClN2OS/c1-6(2)11(12(14)16)15-8-3-4-9-7(8)5-10(13)17-9/h5-6,8,11,15H,3-4H2,1-2H3,(H2,14,16). The van der Waals surface area contributed by atoms with E-state index in [0.29, 0.717) is 0 Å². The van der Waals surface area contributed by atoms with E-state index in [-0.39, 0.29) is 23.9 Å². The normalized spacial score (nSPS) is 20.6. The zero-order chi connectivity index (χ0) is 12.6. The van der Waals surface area contributed by atoms with Crippen molar-refractivity contribution < 1.29 is 4.79 Å². The molecule has 17 heavy (non-hydrogen) atoms. The van der Waals surface area contributed by atoms with Gasteiger partial charge in [0.05, 0.1) is 10.4 Å². The largest absolute Gasteiger partial charge is 0.368 e. The fourth-order valence-corrected chi connectivity index (χ4v) is 3.68. The summed E-state index contributed by atoms with van der Waals surface area (Å²) in [7, 11) is 0. The van der Waals surface area contributed by atoms with Crippen molar-refractivity contribution in [2.75, 3.05) is 0 Å². The minimum atomic E-state index is -0.283. The Morgan fingerprint density at radius 3 is 2.94 bits per heavy atom. The van der Waals surface area contributed by atoms with Crippen LogP contribution < -0.4 is 11.1 Å². The van der Waals surface area contributed by atoms with E-state index in [4.69, 9.17) is 17.3 Å². The van der Waals surface area contributed by atoms with E-state index in [1.807, 2.05) is 19.9 Å². The SMILES string of the molecule is CC(C)C(NC1CCc2sc(Cl)cc21)C(N)=O. The molecule has 3 N–H and O–H groups in total. The maximum Gasteiger partial charge on any atom is 0.234 e. The van der Waals surface area contributed by atoms with Crippen LogP contribution >= 0.6 is 22.9 Å². The number of nitrogens with two attached hydrogens (primary N) is 1. The Balaban J connectivity index is 2.12. The number of primary amides is 1. The lowest BCUT2D eigenvalue weighted by atomic mass is 10.0. The highest BCUT2D eigenvalue weighted by molar-refractivity contribution is 7.16. The van der Waals surface area contributed by atoms with Gasteiger partial charge >= 0.3 is 0 Å². The Hall–Kier alpha value is -0.580. The van der Waals surface area contributed by atoms with Crippen molar-refractivity contribution in [3.05, 3.63) is 20.8 Å². The van der Waals surface area contributed by atoms with Crippen LogP contribution in [0.25, 0.3) is 0 Å². The van der Waals surface area contributed by atoms with Gasteiger partial charge in [0.1, 0.15) is 0 Å². The molecule has 94 valence electrons. The molecule has 0 bridgehead atoms. The number of amides is 1. The second-order valence-electron chi connectivity index (χ2n) is 4.81. The fraction of sp³-hybridized carbons (Fsp3) is 0.583. The van der Waals surface area contributed by atoms with E-state index in [2.05, 4.69) is 5.32 Å². The molecule has 3 nitrogen and oxygen atoms in total. The van der Waals surface area contributed by atoms with Gasteiger partial charge in [0.2, 0.25) is 5.91 Å². The Morgan fingerprint density at radius 2 is 2.35 bits per heavy atom. The van der Waals surface area contributed by atoms with Crippen LogP contribution in [0, 0.1) is 5.92 Å². The quantitative estimate of drug-likeness (QED) is 0.885. The number of fused-ring (bicyclic) bond motifs is 1. The van der Waals surface area contributed by atoms with Crippen LogP contribution in [0.1, 0.15) is 36.8 Å². The molecule has 1 aliphatic rings. The topological polar surface area (TPSA) is 55.1 Å². The highest BCUT2D eigenvalue weighted by Crippen LogP contribution is 2.39. The van der Waals surface area contributed by atoms with E-state index in [1.54, 1.807) is 11.3 Å². The molecule has 2 rings (SSSR count). The molecule has 1 aromatic heterocycles. The van der Waals surface area contributed by atoms with Crippen LogP contribution in [-0.4, -0.2) is 11.9 Å². The van der Waals surface area contributed by atoms with Crippen molar-refractivity contribution >= 4 is 28.8 Å². The highest BCUT2D eigenvalue weighted by atomic mass is 35.5. The highest BCUT2D eigenvalue weighted by Gasteiger charge is 2.29. The number of nitrogens with one attached hydrogen (secondary N) is 1. The van der Waals surface area contributed by atoms with Crippen molar-refractivity contribution in [2.45, 2.75) is 38.8 Å². The zero-order valence-corrected chi connectivity index (χ0v) is 11.6. The molecule has 0 radical (unpaired) electrons. The molecule has 5 heteroatoms. The Bertz CT molecular complexity index is 430. The molecule has 1 aliphatic carbocycles. The lowest BCUT2D eigenvalue weighted by Crippen LogP contribution is -2.46. The molecule has 0 spiro atoms. The van der Waals surface area contributed by atoms with E-state index in [9.17, 15) is 4.79 Å². The third-order valence-corrected chi connectivity index (χ3v) is 4.54. The first-order valence-corrected chi connectivity index (χ1v) is 7.02. The average molecular weight is 273 g/mol. The van der Waals surface area contributed by atoms with Crippen molar-refractivity contribution in [1.29, 1.82) is 0 Å². The molecule has 0 saturated carbocycles. The summed E-state index contributed by atoms with van der Waals surface area (Å²) in [5.74, 6) is -0.0829. The summed E-state index contributed by atoms with van der Waals surface area (Å²) in [6.07, 6.45) is 2.06. The first-order valence-electron chi connectivity index (χ1n) is 5.82. The van der Waals surface area contributed by atoms with E-state index in [1.165, 1.54) is 10.4 Å². The smallest absolute Gasteiger partial charge is 0.234 e. The van der Waals surface area contributed by atoms with Gasteiger partial charge in [-0.1, -0.05) is 25.4 Å². The number of carbonyl (C=O) groups excluding carboxylic acids is 1. The van der Waals surface area contributed by atoms with Crippen LogP contribution in [0.3, 0.4) is 0 Å². The molecule has 0 saturated heterocycles. The van der Waals surface area contributed by atoms with Gasteiger partial charge in [0.25, 0.3) is 0 Å². The molecule has 1 heterocycles. The molecule has 0 fully saturated rings. The third-order valence-electron chi connectivity index (χ3n) is 3.20. The van der Waals surface area contributed by atoms with Gasteiger partial charge in [-0.05, 0) is 30.4 Å². The van der Waals surface area contributed by atoms with Gasteiger partial charge in [-0.25, -0.2) is 0 Å². The summed E-state index contributed by atoms with van der Waals surface area (Å²) in [4.78, 5) is 12.7. The summed E-state index contributed by atoms with van der Waals surface area (Å²) < 4.78 is 0.821. The predicted octanol–water partition coefficient (Wildman–Crippen LogP) is 2.49. The van der Waals surface area contributed by atoms with Crippen LogP contribution in [-0.2, 0) is 11.2 Å². The summed E-state index contributed by atoms with van der Waals surface area (Å²) in [5, 5.41) is 3.36. The number of thiophene rings is 1. The average Bonchev–Trinajstić information content (AvgIpc) is 2.73. The van der Waals surface area contributed by atoms with Gasteiger partial charge in [-0.15, -0.1) is 11.3 Å². The van der Waals surface area contributed by atoms with Crippen LogP contribution in [0.15, 0.2) is 6.07 Å². The van der Waals surface area contributed by atoms with Crippen molar-refractivity contribution in [1.82, 2.24) is 5.32 Å². The second-order valence-corrected chi connectivity index (χ2v) is 6.58. The number of hydrogen-bond donors (Lipinski definition) is 2. The lowest BCUT2D eigenvalue weighted by molar-refractivity contribution is -0.121. The molecule has 1 aromatic rings. The summed E-state index contributed by atoms with van der Waals surface area (Å²) in [6.45, 7) is 4.00. The predicted molar refractivity (Wildman–Crippen MR) is 71.3 cm³/mol. The van der Waals surface area contributed by atoms with E-state index < -0.39 is 0 Å². The van der Waals surface area contributed by atoms with Gasteiger partial charge in [-0.2, -0.15) is 0 Å². The molecule has 1 amide bonds.